The molecule has 1 saturated heterocycles. The van der Waals surface area contributed by atoms with Crippen molar-refractivity contribution in [2.75, 3.05) is 31.0 Å². The summed E-state index contributed by atoms with van der Waals surface area (Å²) in [5.74, 6) is 1.42. The third-order valence-electron chi connectivity index (χ3n) is 2.89. The second-order valence-electron chi connectivity index (χ2n) is 4.37. The van der Waals surface area contributed by atoms with Gasteiger partial charge in [0.1, 0.15) is 0 Å². The summed E-state index contributed by atoms with van der Waals surface area (Å²) < 4.78 is 33.2. The first-order chi connectivity index (χ1) is 9.02. The minimum atomic E-state index is -2.96. The zero-order valence-corrected chi connectivity index (χ0v) is 11.7. The fourth-order valence-corrected chi connectivity index (χ4v) is 3.63. The van der Waals surface area contributed by atoms with Gasteiger partial charge in [-0.3, -0.25) is 0 Å². The van der Waals surface area contributed by atoms with Gasteiger partial charge in [-0.25, -0.2) is 8.42 Å². The van der Waals surface area contributed by atoms with Crippen LogP contribution >= 0.6 is 0 Å². The van der Waals surface area contributed by atoms with E-state index < -0.39 is 9.84 Å². The monoisotopic (exact) mass is 287 g/mol. The molecule has 1 aliphatic heterocycles. The molecule has 1 unspecified atom stereocenters. The standard InChI is InChI=1S/C11H17N3O4S/c1-17-9-6-10(18-2)14-11(13-9)12-8-4-3-5-19(15,16)7-8/h6,8H,3-5,7H2,1-2H3,(H,12,13,14). The smallest absolute Gasteiger partial charge is 0.229 e. The normalized spacial score (nSPS) is 21.7. The Kier molecular flexibility index (Phi) is 4.08. The van der Waals surface area contributed by atoms with Crippen LogP contribution < -0.4 is 14.8 Å². The largest absolute Gasteiger partial charge is 0.481 e. The highest BCUT2D eigenvalue weighted by molar-refractivity contribution is 7.91. The lowest BCUT2D eigenvalue weighted by Crippen LogP contribution is -2.35. The maximum absolute atomic E-state index is 11.6. The molecule has 106 valence electrons. The van der Waals surface area contributed by atoms with Crippen molar-refractivity contribution < 1.29 is 17.9 Å². The Morgan fingerprint density at radius 3 is 2.42 bits per heavy atom. The van der Waals surface area contributed by atoms with Crippen molar-refractivity contribution >= 4 is 15.8 Å². The van der Waals surface area contributed by atoms with Crippen molar-refractivity contribution in [3.8, 4) is 11.8 Å². The molecule has 8 heteroatoms. The van der Waals surface area contributed by atoms with Crippen LogP contribution in [0.25, 0.3) is 0 Å². The number of hydrogen-bond acceptors (Lipinski definition) is 7. The van der Waals surface area contributed by atoms with Crippen molar-refractivity contribution in [1.29, 1.82) is 0 Å². The zero-order valence-electron chi connectivity index (χ0n) is 10.9. The second kappa shape index (κ2) is 5.60. The van der Waals surface area contributed by atoms with E-state index in [0.717, 1.165) is 6.42 Å². The predicted octanol–water partition coefficient (Wildman–Crippen LogP) is 0.483. The van der Waals surface area contributed by atoms with Crippen LogP contribution in [0.15, 0.2) is 6.07 Å². The summed E-state index contributed by atoms with van der Waals surface area (Å²) in [6.07, 6.45) is 1.43. The van der Waals surface area contributed by atoms with Crippen molar-refractivity contribution in [1.82, 2.24) is 9.97 Å². The first-order valence-corrected chi connectivity index (χ1v) is 7.78. The van der Waals surface area contributed by atoms with E-state index in [0.29, 0.717) is 24.1 Å². The summed E-state index contributed by atoms with van der Waals surface area (Å²) in [6.45, 7) is 0. The summed E-state index contributed by atoms with van der Waals surface area (Å²) in [7, 11) is 0.0293. The Bertz CT molecular complexity index is 525. The van der Waals surface area contributed by atoms with E-state index >= 15 is 0 Å². The summed E-state index contributed by atoms with van der Waals surface area (Å²) in [5, 5.41) is 3.02. The average Bonchev–Trinajstić information content (AvgIpc) is 2.37. The van der Waals surface area contributed by atoms with Crippen LogP contribution in [0.3, 0.4) is 0 Å². The maximum Gasteiger partial charge on any atom is 0.229 e. The highest BCUT2D eigenvalue weighted by Gasteiger charge is 2.25. The Labute approximate surface area is 112 Å². The van der Waals surface area contributed by atoms with Crippen LogP contribution in [0.1, 0.15) is 12.8 Å². The molecular formula is C11H17N3O4S. The molecule has 0 amide bonds. The maximum atomic E-state index is 11.6. The van der Waals surface area contributed by atoms with Crippen LogP contribution in [0.2, 0.25) is 0 Å². The number of sulfone groups is 1. The van der Waals surface area contributed by atoms with Gasteiger partial charge in [0.2, 0.25) is 17.7 Å². The van der Waals surface area contributed by atoms with E-state index in [1.54, 1.807) is 6.07 Å². The molecule has 0 spiro atoms. The summed E-state index contributed by atoms with van der Waals surface area (Å²) in [4.78, 5) is 8.24. The Hall–Kier alpha value is -1.57. The number of aromatic nitrogens is 2. The van der Waals surface area contributed by atoms with Gasteiger partial charge < -0.3 is 14.8 Å². The van der Waals surface area contributed by atoms with E-state index in [9.17, 15) is 8.42 Å². The van der Waals surface area contributed by atoms with E-state index in [2.05, 4.69) is 15.3 Å². The Morgan fingerprint density at radius 1 is 1.26 bits per heavy atom. The summed E-state index contributed by atoms with van der Waals surface area (Å²) in [6, 6.07) is 1.39. The number of rotatable bonds is 4. The molecule has 7 nitrogen and oxygen atoms in total. The molecule has 0 bridgehead atoms. The van der Waals surface area contributed by atoms with Crippen LogP contribution in [-0.4, -0.2) is 50.2 Å². The molecule has 2 heterocycles. The number of anilines is 1. The van der Waals surface area contributed by atoms with E-state index in [-0.39, 0.29) is 17.5 Å². The lowest BCUT2D eigenvalue weighted by molar-refractivity contribution is 0.372. The minimum Gasteiger partial charge on any atom is -0.481 e. The molecule has 1 fully saturated rings. The SMILES string of the molecule is COc1cc(OC)nc(NC2CCCS(=O)(=O)C2)n1. The lowest BCUT2D eigenvalue weighted by atomic mass is 10.2. The quantitative estimate of drug-likeness (QED) is 0.861. The third kappa shape index (κ3) is 3.69. The van der Waals surface area contributed by atoms with Crippen LogP contribution in [0.4, 0.5) is 5.95 Å². The highest BCUT2D eigenvalue weighted by Crippen LogP contribution is 2.20. The molecule has 1 aromatic rings. The highest BCUT2D eigenvalue weighted by atomic mass is 32.2. The van der Waals surface area contributed by atoms with Gasteiger partial charge in [0, 0.05) is 6.04 Å². The van der Waals surface area contributed by atoms with Gasteiger partial charge >= 0.3 is 0 Å². The van der Waals surface area contributed by atoms with Gasteiger partial charge in [-0.15, -0.1) is 0 Å². The van der Waals surface area contributed by atoms with Gasteiger partial charge in [0.05, 0.1) is 31.8 Å². The molecule has 1 aromatic heterocycles. The summed E-state index contributed by atoms with van der Waals surface area (Å²) in [5.41, 5.74) is 0. The van der Waals surface area contributed by atoms with Crippen molar-refractivity contribution in [3.05, 3.63) is 6.07 Å². The van der Waals surface area contributed by atoms with Crippen molar-refractivity contribution in [3.63, 3.8) is 0 Å². The molecule has 1 N–H and O–H groups in total. The average molecular weight is 287 g/mol. The molecule has 0 aliphatic carbocycles. The topological polar surface area (TPSA) is 90.4 Å². The molecule has 0 saturated carbocycles. The number of methoxy groups -OCH3 is 2. The molecule has 1 atom stereocenters. The van der Waals surface area contributed by atoms with Gasteiger partial charge in [0.15, 0.2) is 9.84 Å². The molecule has 0 aromatic carbocycles. The van der Waals surface area contributed by atoms with Crippen LogP contribution in [-0.2, 0) is 9.84 Å². The van der Waals surface area contributed by atoms with Crippen LogP contribution in [0.5, 0.6) is 11.8 Å². The molecule has 0 radical (unpaired) electrons. The molecular weight excluding hydrogens is 270 g/mol. The Balaban J connectivity index is 2.14. The van der Waals surface area contributed by atoms with Gasteiger partial charge in [0.25, 0.3) is 0 Å². The minimum absolute atomic E-state index is 0.107. The molecule has 19 heavy (non-hydrogen) atoms. The fraction of sp³-hybridized carbons (Fsp3) is 0.636. The summed E-state index contributed by atoms with van der Waals surface area (Å²) >= 11 is 0. The number of ether oxygens (including phenoxy) is 2. The van der Waals surface area contributed by atoms with Gasteiger partial charge in [-0.2, -0.15) is 9.97 Å². The number of hydrogen-bond donors (Lipinski definition) is 1. The Morgan fingerprint density at radius 2 is 1.89 bits per heavy atom. The van der Waals surface area contributed by atoms with E-state index in [1.807, 2.05) is 0 Å². The molecule has 1 aliphatic rings. The first kappa shape index (κ1) is 13.9. The van der Waals surface area contributed by atoms with Crippen molar-refractivity contribution in [2.45, 2.75) is 18.9 Å². The number of nitrogens with zero attached hydrogens (tertiary/aromatic N) is 2. The molecule has 2 rings (SSSR count). The fourth-order valence-electron chi connectivity index (χ4n) is 2.00. The van der Waals surface area contributed by atoms with E-state index in [4.69, 9.17) is 9.47 Å². The van der Waals surface area contributed by atoms with E-state index in [1.165, 1.54) is 14.2 Å². The van der Waals surface area contributed by atoms with Crippen molar-refractivity contribution in [2.24, 2.45) is 0 Å². The number of nitrogens with one attached hydrogen (secondary N) is 1. The zero-order chi connectivity index (χ0) is 13.9. The lowest BCUT2D eigenvalue weighted by Gasteiger charge is -2.23. The second-order valence-corrected chi connectivity index (χ2v) is 6.60. The van der Waals surface area contributed by atoms with Gasteiger partial charge in [-0.05, 0) is 12.8 Å². The van der Waals surface area contributed by atoms with Gasteiger partial charge in [-0.1, -0.05) is 0 Å². The third-order valence-corrected chi connectivity index (χ3v) is 4.71. The van der Waals surface area contributed by atoms with Crippen LogP contribution in [0, 0.1) is 0 Å². The first-order valence-electron chi connectivity index (χ1n) is 5.96. The predicted molar refractivity (Wildman–Crippen MR) is 70.4 cm³/mol.